The highest BCUT2D eigenvalue weighted by Gasteiger charge is 2.48. The summed E-state index contributed by atoms with van der Waals surface area (Å²) < 4.78 is 5.16. The van der Waals surface area contributed by atoms with Crippen LogP contribution < -0.4 is 15.0 Å². The summed E-state index contributed by atoms with van der Waals surface area (Å²) in [6, 6.07) is 14.6. The molecule has 0 aliphatic carbocycles. The zero-order valence-corrected chi connectivity index (χ0v) is 15.4. The standard InChI is InChI=1S/C20H20N4O4/c1-28-16-9-5-6-14(12-16)21-19(26)22-10-11-23-17(13-22)18(25)24(20(23)27)15-7-3-2-4-8-15/h2-9,12,17H,10-11,13H2,1H3,(H,21,26). The quantitative estimate of drug-likeness (QED) is 0.829. The highest BCUT2D eigenvalue weighted by Crippen LogP contribution is 2.27. The molecule has 2 aliphatic rings. The number of hydrogen-bond acceptors (Lipinski definition) is 4. The van der Waals surface area contributed by atoms with Gasteiger partial charge >= 0.3 is 12.1 Å². The van der Waals surface area contributed by atoms with Crippen LogP contribution in [0.3, 0.4) is 0 Å². The lowest BCUT2D eigenvalue weighted by atomic mass is 10.2. The molecule has 4 rings (SSSR count). The van der Waals surface area contributed by atoms with E-state index in [0.29, 0.717) is 30.2 Å². The molecule has 2 aromatic carbocycles. The first-order chi connectivity index (χ1) is 13.6. The van der Waals surface area contributed by atoms with E-state index in [9.17, 15) is 14.4 Å². The predicted molar refractivity (Wildman–Crippen MR) is 103 cm³/mol. The number of fused-ring (bicyclic) bond motifs is 1. The predicted octanol–water partition coefficient (Wildman–Crippen LogP) is 2.38. The molecule has 2 fully saturated rings. The van der Waals surface area contributed by atoms with Crippen molar-refractivity contribution >= 4 is 29.3 Å². The van der Waals surface area contributed by atoms with E-state index in [-0.39, 0.29) is 24.5 Å². The van der Waals surface area contributed by atoms with Crippen molar-refractivity contribution in [1.29, 1.82) is 0 Å². The molecule has 1 N–H and O–H groups in total. The highest BCUT2D eigenvalue weighted by atomic mass is 16.5. The van der Waals surface area contributed by atoms with E-state index in [1.807, 2.05) is 6.07 Å². The molecule has 0 saturated carbocycles. The van der Waals surface area contributed by atoms with Crippen LogP contribution in [0.4, 0.5) is 21.0 Å². The Labute approximate surface area is 162 Å². The van der Waals surface area contributed by atoms with Crippen LogP contribution in [0.15, 0.2) is 54.6 Å². The van der Waals surface area contributed by atoms with Crippen molar-refractivity contribution in [1.82, 2.24) is 9.80 Å². The maximum Gasteiger partial charge on any atom is 0.332 e. The molecule has 8 nitrogen and oxygen atoms in total. The summed E-state index contributed by atoms with van der Waals surface area (Å²) in [6.45, 7) is 0.821. The summed E-state index contributed by atoms with van der Waals surface area (Å²) in [5.41, 5.74) is 1.14. The molecule has 0 bridgehead atoms. The molecule has 2 heterocycles. The van der Waals surface area contributed by atoms with Gasteiger partial charge in [0.25, 0.3) is 5.91 Å². The molecule has 1 unspecified atom stereocenters. The van der Waals surface area contributed by atoms with Crippen LogP contribution in [0.25, 0.3) is 0 Å². The van der Waals surface area contributed by atoms with E-state index in [4.69, 9.17) is 4.74 Å². The molecular weight excluding hydrogens is 360 g/mol. The van der Waals surface area contributed by atoms with E-state index in [1.54, 1.807) is 60.5 Å². The van der Waals surface area contributed by atoms with Gasteiger partial charge in [0.2, 0.25) is 0 Å². The van der Waals surface area contributed by atoms with Crippen molar-refractivity contribution in [2.45, 2.75) is 6.04 Å². The number of carbonyl (C=O) groups excluding carboxylic acids is 3. The maximum atomic E-state index is 12.8. The number of anilines is 2. The number of piperazine rings is 1. The van der Waals surface area contributed by atoms with E-state index in [0.717, 1.165) is 0 Å². The Morgan fingerprint density at radius 1 is 1.07 bits per heavy atom. The van der Waals surface area contributed by atoms with E-state index in [2.05, 4.69) is 5.32 Å². The van der Waals surface area contributed by atoms with Gasteiger partial charge in [-0.2, -0.15) is 0 Å². The first-order valence-electron chi connectivity index (χ1n) is 8.98. The fourth-order valence-electron chi connectivity index (χ4n) is 3.50. The summed E-state index contributed by atoms with van der Waals surface area (Å²) in [5.74, 6) is 0.327. The number of methoxy groups -OCH3 is 1. The maximum absolute atomic E-state index is 12.8. The molecule has 0 radical (unpaired) electrons. The lowest BCUT2D eigenvalue weighted by Gasteiger charge is -2.35. The van der Waals surface area contributed by atoms with Crippen molar-refractivity contribution in [3.05, 3.63) is 54.6 Å². The van der Waals surface area contributed by atoms with Gasteiger partial charge in [0.05, 0.1) is 19.3 Å². The Bertz CT molecular complexity index is 917. The summed E-state index contributed by atoms with van der Waals surface area (Å²) in [5, 5.41) is 2.81. The van der Waals surface area contributed by atoms with Crippen molar-refractivity contribution in [2.75, 3.05) is 37.0 Å². The molecule has 2 aromatic rings. The normalized spacial score (nSPS) is 18.9. The number of nitrogens with zero attached hydrogens (tertiary/aromatic N) is 3. The molecule has 5 amide bonds. The molecule has 28 heavy (non-hydrogen) atoms. The molecule has 0 spiro atoms. The third-order valence-corrected chi connectivity index (χ3v) is 4.95. The lowest BCUT2D eigenvalue weighted by molar-refractivity contribution is -0.120. The first-order valence-corrected chi connectivity index (χ1v) is 8.98. The Morgan fingerprint density at radius 2 is 1.86 bits per heavy atom. The monoisotopic (exact) mass is 380 g/mol. The van der Waals surface area contributed by atoms with Crippen LogP contribution >= 0.6 is 0 Å². The number of imide groups is 1. The number of benzene rings is 2. The average molecular weight is 380 g/mol. The Hall–Kier alpha value is -3.55. The number of urea groups is 2. The molecule has 0 aromatic heterocycles. The molecular formula is C20H20N4O4. The van der Waals surface area contributed by atoms with Crippen LogP contribution in [-0.4, -0.2) is 60.6 Å². The summed E-state index contributed by atoms with van der Waals surface area (Å²) in [4.78, 5) is 42.5. The summed E-state index contributed by atoms with van der Waals surface area (Å²) in [6.07, 6.45) is 0. The number of amides is 5. The zero-order valence-electron chi connectivity index (χ0n) is 15.4. The van der Waals surface area contributed by atoms with E-state index in [1.165, 1.54) is 9.80 Å². The number of carbonyl (C=O) groups is 3. The number of nitrogens with one attached hydrogen (secondary N) is 1. The van der Waals surface area contributed by atoms with Crippen molar-refractivity contribution in [3.63, 3.8) is 0 Å². The van der Waals surface area contributed by atoms with Gasteiger partial charge in [0.1, 0.15) is 11.8 Å². The number of rotatable bonds is 3. The van der Waals surface area contributed by atoms with Gasteiger partial charge in [-0.15, -0.1) is 0 Å². The smallest absolute Gasteiger partial charge is 0.332 e. The molecule has 144 valence electrons. The fraction of sp³-hybridized carbons (Fsp3) is 0.250. The Kier molecular flexibility index (Phi) is 4.60. The summed E-state index contributed by atoms with van der Waals surface area (Å²) in [7, 11) is 1.56. The minimum atomic E-state index is -0.669. The fourth-order valence-corrected chi connectivity index (χ4v) is 3.50. The van der Waals surface area contributed by atoms with Crippen molar-refractivity contribution in [3.8, 4) is 5.75 Å². The molecule has 2 aliphatic heterocycles. The van der Waals surface area contributed by atoms with Crippen molar-refractivity contribution < 1.29 is 19.1 Å². The number of para-hydroxylation sites is 1. The lowest BCUT2D eigenvalue weighted by Crippen LogP contribution is -2.55. The van der Waals surface area contributed by atoms with Crippen molar-refractivity contribution in [2.24, 2.45) is 0 Å². The number of hydrogen-bond donors (Lipinski definition) is 1. The minimum Gasteiger partial charge on any atom is -0.497 e. The van der Waals surface area contributed by atoms with Crippen LogP contribution in [-0.2, 0) is 4.79 Å². The SMILES string of the molecule is COc1cccc(NC(=O)N2CCN3C(=O)N(c4ccccc4)C(=O)C3C2)c1. The van der Waals surface area contributed by atoms with Gasteiger partial charge in [0, 0.05) is 24.8 Å². The number of ether oxygens (including phenoxy) is 1. The third kappa shape index (κ3) is 3.13. The minimum absolute atomic E-state index is 0.156. The van der Waals surface area contributed by atoms with E-state index < -0.39 is 6.04 Å². The van der Waals surface area contributed by atoms with Gasteiger partial charge in [-0.3, -0.25) is 4.79 Å². The Morgan fingerprint density at radius 3 is 2.61 bits per heavy atom. The molecule has 1 atom stereocenters. The topological polar surface area (TPSA) is 82.2 Å². The van der Waals surface area contributed by atoms with Crippen LogP contribution in [0.2, 0.25) is 0 Å². The van der Waals surface area contributed by atoms with Gasteiger partial charge < -0.3 is 19.9 Å². The largest absolute Gasteiger partial charge is 0.497 e. The highest BCUT2D eigenvalue weighted by molar-refractivity contribution is 6.21. The molecule has 2 saturated heterocycles. The Balaban J connectivity index is 1.47. The van der Waals surface area contributed by atoms with Gasteiger partial charge in [-0.05, 0) is 24.3 Å². The second kappa shape index (κ2) is 7.22. The van der Waals surface area contributed by atoms with Gasteiger partial charge in [-0.1, -0.05) is 24.3 Å². The van der Waals surface area contributed by atoms with Crippen LogP contribution in [0.1, 0.15) is 0 Å². The molecule has 8 heteroatoms. The average Bonchev–Trinajstić information content (AvgIpc) is 2.98. The summed E-state index contributed by atoms with van der Waals surface area (Å²) >= 11 is 0. The first kappa shape index (κ1) is 17.8. The third-order valence-electron chi connectivity index (χ3n) is 4.95. The second-order valence-corrected chi connectivity index (χ2v) is 6.61. The van der Waals surface area contributed by atoms with Gasteiger partial charge in [-0.25, -0.2) is 14.5 Å². The zero-order chi connectivity index (χ0) is 19.7. The second-order valence-electron chi connectivity index (χ2n) is 6.61. The van der Waals surface area contributed by atoms with Gasteiger partial charge in [0.15, 0.2) is 0 Å². The van der Waals surface area contributed by atoms with Crippen LogP contribution in [0.5, 0.6) is 5.75 Å². The van der Waals surface area contributed by atoms with Crippen LogP contribution in [0, 0.1) is 0 Å². The van der Waals surface area contributed by atoms with E-state index >= 15 is 0 Å².